The molecule has 29 heavy (non-hydrogen) atoms. The average Bonchev–Trinajstić information content (AvgIpc) is 2.97. The summed E-state index contributed by atoms with van der Waals surface area (Å²) in [6.45, 7) is 11.4. The molecule has 1 aromatic rings. The molecule has 9 heteroatoms. The molecule has 0 spiro atoms. The van der Waals surface area contributed by atoms with E-state index in [2.05, 4.69) is 5.32 Å². The third-order valence-electron chi connectivity index (χ3n) is 5.07. The van der Waals surface area contributed by atoms with Gasteiger partial charge in [0.25, 0.3) is 0 Å². The minimum atomic E-state index is -4.20. The Morgan fingerprint density at radius 3 is 2.03 bits per heavy atom. The third-order valence-corrected chi connectivity index (χ3v) is 6.73. The molecule has 2 N–H and O–H groups in total. The molecule has 1 aliphatic rings. The van der Waals surface area contributed by atoms with Crippen LogP contribution in [0.5, 0.6) is 0 Å². The van der Waals surface area contributed by atoms with Crippen molar-refractivity contribution in [2.24, 2.45) is 0 Å². The van der Waals surface area contributed by atoms with Gasteiger partial charge in [-0.05, 0) is 55.4 Å². The number of carbonyl (C=O) groups excluding carboxylic acids is 2. The normalized spacial score (nSPS) is 17.5. The molecular formula is C20H30FN3O4S. The summed E-state index contributed by atoms with van der Waals surface area (Å²) in [6.07, 6.45) is 0.130. The van der Waals surface area contributed by atoms with Gasteiger partial charge >= 0.3 is 6.03 Å². The monoisotopic (exact) mass is 427 g/mol. The third kappa shape index (κ3) is 5.07. The highest BCUT2D eigenvalue weighted by atomic mass is 32.2. The zero-order valence-corrected chi connectivity index (χ0v) is 18.6. The first-order valence-electron chi connectivity index (χ1n) is 9.81. The highest BCUT2D eigenvalue weighted by Gasteiger charge is 2.42. The van der Waals surface area contributed by atoms with Crippen LogP contribution in [0.2, 0.25) is 0 Å². The Kier molecular flexibility index (Phi) is 6.93. The van der Waals surface area contributed by atoms with Gasteiger partial charge in [0.15, 0.2) is 5.25 Å². The van der Waals surface area contributed by atoms with Gasteiger partial charge in [0.2, 0.25) is 15.9 Å². The molecular weight excluding hydrogens is 397 g/mol. The van der Waals surface area contributed by atoms with Crippen molar-refractivity contribution in [1.29, 1.82) is 0 Å². The number of urea groups is 1. The molecule has 1 saturated heterocycles. The Morgan fingerprint density at radius 2 is 1.62 bits per heavy atom. The predicted molar refractivity (Wildman–Crippen MR) is 111 cm³/mol. The minimum Gasteiger partial charge on any atom is -0.339 e. The summed E-state index contributed by atoms with van der Waals surface area (Å²) in [5.41, 5.74) is 1.54. The first kappa shape index (κ1) is 23.1. The van der Waals surface area contributed by atoms with E-state index in [-0.39, 0.29) is 24.3 Å². The van der Waals surface area contributed by atoms with E-state index >= 15 is 0 Å². The highest BCUT2D eigenvalue weighted by Crippen LogP contribution is 2.33. The largest absolute Gasteiger partial charge is 0.339 e. The SMILES string of the molecule is CC(C)c1cc(F)cc(C(C)C)c1NC(=O)NS(=O)(=O)C1CCN(C(C)C)C1=O. The van der Waals surface area contributed by atoms with E-state index in [9.17, 15) is 22.4 Å². The maximum Gasteiger partial charge on any atom is 0.332 e. The predicted octanol–water partition coefficient (Wildman–Crippen LogP) is 3.53. The van der Waals surface area contributed by atoms with Crippen LogP contribution >= 0.6 is 0 Å². The average molecular weight is 428 g/mol. The van der Waals surface area contributed by atoms with E-state index in [0.29, 0.717) is 23.4 Å². The molecule has 1 aliphatic heterocycles. The molecule has 7 nitrogen and oxygen atoms in total. The molecule has 2 rings (SSSR count). The van der Waals surface area contributed by atoms with Gasteiger partial charge < -0.3 is 10.2 Å². The number of rotatable bonds is 6. The second kappa shape index (κ2) is 8.69. The lowest BCUT2D eigenvalue weighted by molar-refractivity contribution is -0.128. The van der Waals surface area contributed by atoms with Crippen LogP contribution in [0.4, 0.5) is 14.9 Å². The lowest BCUT2D eigenvalue weighted by atomic mass is 9.92. The molecule has 1 fully saturated rings. The lowest BCUT2D eigenvalue weighted by Gasteiger charge is -2.22. The number of amides is 3. The minimum absolute atomic E-state index is 0.0916. The van der Waals surface area contributed by atoms with Crippen molar-refractivity contribution in [3.05, 3.63) is 29.1 Å². The molecule has 1 heterocycles. The molecule has 1 aromatic carbocycles. The number of anilines is 1. The number of hydrogen-bond donors (Lipinski definition) is 2. The fourth-order valence-corrected chi connectivity index (χ4v) is 4.79. The number of nitrogens with one attached hydrogen (secondary N) is 2. The number of likely N-dealkylation sites (tertiary alicyclic amines) is 1. The van der Waals surface area contributed by atoms with Crippen LogP contribution in [0.25, 0.3) is 0 Å². The van der Waals surface area contributed by atoms with Crippen LogP contribution in [0.3, 0.4) is 0 Å². The lowest BCUT2D eigenvalue weighted by Crippen LogP contribution is -2.45. The number of sulfonamides is 1. The zero-order chi connectivity index (χ0) is 22.1. The second-order valence-corrected chi connectivity index (χ2v) is 10.1. The number of benzene rings is 1. The van der Waals surface area contributed by atoms with Gasteiger partial charge in [-0.15, -0.1) is 0 Å². The van der Waals surface area contributed by atoms with Gasteiger partial charge in [0.1, 0.15) is 5.82 Å². The van der Waals surface area contributed by atoms with Crippen molar-refractivity contribution in [2.75, 3.05) is 11.9 Å². The van der Waals surface area contributed by atoms with Crippen molar-refractivity contribution in [1.82, 2.24) is 9.62 Å². The summed E-state index contributed by atoms with van der Waals surface area (Å²) >= 11 is 0. The molecule has 162 valence electrons. The van der Waals surface area contributed by atoms with E-state index < -0.39 is 33.0 Å². The summed E-state index contributed by atoms with van der Waals surface area (Å²) in [5.74, 6) is -1.11. The molecule has 0 radical (unpaired) electrons. The smallest absolute Gasteiger partial charge is 0.332 e. The van der Waals surface area contributed by atoms with Gasteiger partial charge in [0.05, 0.1) is 0 Å². The fourth-order valence-electron chi connectivity index (χ4n) is 3.52. The van der Waals surface area contributed by atoms with E-state index in [4.69, 9.17) is 0 Å². The number of nitrogens with zero attached hydrogens (tertiary/aromatic N) is 1. The maximum absolute atomic E-state index is 14.0. The van der Waals surface area contributed by atoms with Crippen LogP contribution in [0.1, 0.15) is 70.9 Å². The summed E-state index contributed by atoms with van der Waals surface area (Å²) in [4.78, 5) is 26.4. The van der Waals surface area contributed by atoms with Crippen LogP contribution in [-0.2, 0) is 14.8 Å². The Bertz CT molecular complexity index is 868. The van der Waals surface area contributed by atoms with E-state index in [1.807, 2.05) is 46.3 Å². The summed E-state index contributed by atoms with van der Waals surface area (Å²) in [5, 5.41) is 1.28. The van der Waals surface area contributed by atoms with Gasteiger partial charge in [-0.2, -0.15) is 0 Å². The van der Waals surface area contributed by atoms with Crippen molar-refractivity contribution in [3.63, 3.8) is 0 Å². The topological polar surface area (TPSA) is 95.6 Å². The highest BCUT2D eigenvalue weighted by molar-refractivity contribution is 7.91. The van der Waals surface area contributed by atoms with Crippen molar-refractivity contribution in [3.8, 4) is 0 Å². The molecule has 0 aromatic heterocycles. The molecule has 1 unspecified atom stereocenters. The Labute approximate surface area is 172 Å². The number of carbonyl (C=O) groups is 2. The number of hydrogen-bond acceptors (Lipinski definition) is 4. The Morgan fingerprint density at radius 1 is 1.10 bits per heavy atom. The van der Waals surface area contributed by atoms with Crippen LogP contribution in [0.15, 0.2) is 12.1 Å². The van der Waals surface area contributed by atoms with Crippen molar-refractivity contribution < 1.29 is 22.4 Å². The van der Waals surface area contributed by atoms with Gasteiger partial charge in [-0.3, -0.25) is 4.79 Å². The second-order valence-electron chi connectivity index (χ2n) is 8.27. The quantitative estimate of drug-likeness (QED) is 0.726. The molecule has 0 bridgehead atoms. The molecule has 0 saturated carbocycles. The number of halogens is 1. The maximum atomic E-state index is 14.0. The Hall–Kier alpha value is -2.16. The molecule has 0 aliphatic carbocycles. The van der Waals surface area contributed by atoms with Crippen LogP contribution < -0.4 is 10.0 Å². The first-order chi connectivity index (χ1) is 13.3. The van der Waals surface area contributed by atoms with Gasteiger partial charge in [-0.1, -0.05) is 27.7 Å². The summed E-state index contributed by atoms with van der Waals surface area (Å²) in [6, 6.07) is 1.60. The standard InChI is InChI=1S/C20H30FN3O4S/c1-11(2)15-9-14(21)10-16(12(3)4)18(15)22-20(26)23-29(27,28)17-7-8-24(13(5)6)19(17)25/h9-13,17H,7-8H2,1-6H3,(H2,22,23,26). The van der Waals surface area contributed by atoms with Crippen molar-refractivity contribution in [2.45, 2.75) is 71.1 Å². The van der Waals surface area contributed by atoms with Crippen LogP contribution in [-0.4, -0.2) is 43.1 Å². The fraction of sp³-hybridized carbons (Fsp3) is 0.600. The van der Waals surface area contributed by atoms with Crippen LogP contribution in [0, 0.1) is 5.82 Å². The van der Waals surface area contributed by atoms with E-state index in [0.717, 1.165) is 0 Å². The van der Waals surface area contributed by atoms with E-state index in [1.165, 1.54) is 17.0 Å². The Balaban J connectivity index is 2.26. The first-order valence-corrected chi connectivity index (χ1v) is 11.4. The summed E-state index contributed by atoms with van der Waals surface area (Å²) in [7, 11) is -4.20. The zero-order valence-electron chi connectivity index (χ0n) is 17.7. The molecule has 3 amide bonds. The van der Waals surface area contributed by atoms with Gasteiger partial charge in [0, 0.05) is 18.3 Å². The summed E-state index contributed by atoms with van der Waals surface area (Å²) < 4.78 is 41.2. The molecule has 1 atom stereocenters. The van der Waals surface area contributed by atoms with E-state index in [1.54, 1.807) is 0 Å². The van der Waals surface area contributed by atoms with Crippen molar-refractivity contribution >= 4 is 27.6 Å². The van der Waals surface area contributed by atoms with Gasteiger partial charge in [-0.25, -0.2) is 22.3 Å².